The van der Waals surface area contributed by atoms with E-state index in [0.717, 1.165) is 27.8 Å². The number of hydrogen-bond donors (Lipinski definition) is 5. The van der Waals surface area contributed by atoms with Crippen molar-refractivity contribution >= 4 is 17.8 Å². The van der Waals surface area contributed by atoms with Crippen LogP contribution in [0.1, 0.15) is 46.6 Å². The van der Waals surface area contributed by atoms with Crippen LogP contribution < -0.4 is 22.1 Å². The summed E-state index contributed by atoms with van der Waals surface area (Å²) in [5.74, 6) is -0.918. The number of rotatable bonds is 11. The minimum atomic E-state index is -0.782. The van der Waals surface area contributed by atoms with Gasteiger partial charge in [-0.15, -0.1) is 0 Å². The molecular formula is C29H35N5O3. The van der Waals surface area contributed by atoms with Gasteiger partial charge in [-0.25, -0.2) is 0 Å². The molecule has 0 aliphatic heterocycles. The third-order valence-corrected chi connectivity index (χ3v) is 6.12. The van der Waals surface area contributed by atoms with E-state index in [1.54, 1.807) is 0 Å². The summed E-state index contributed by atoms with van der Waals surface area (Å²) in [4.78, 5) is 30.9. The number of nitrogens with one attached hydrogen (secondary N) is 2. The molecule has 8 nitrogen and oxygen atoms in total. The fourth-order valence-electron chi connectivity index (χ4n) is 4.27. The Bertz CT molecular complexity index is 1160. The summed E-state index contributed by atoms with van der Waals surface area (Å²) in [6, 6.07) is 21.8. The summed E-state index contributed by atoms with van der Waals surface area (Å²) in [6.45, 7) is 4.24. The lowest BCUT2D eigenvalue weighted by Crippen LogP contribution is -2.48. The van der Waals surface area contributed by atoms with Gasteiger partial charge < -0.3 is 27.2 Å². The number of phenols is 1. The predicted octanol–water partition coefficient (Wildman–Crippen LogP) is 3.00. The van der Waals surface area contributed by atoms with E-state index in [4.69, 9.17) is 11.5 Å². The summed E-state index contributed by atoms with van der Waals surface area (Å²) in [6.07, 6.45) is 0.868. The number of carbonyl (C=O) groups excluding carboxylic acids is 2. The molecule has 0 saturated carbocycles. The second kappa shape index (κ2) is 13.1. The van der Waals surface area contributed by atoms with Crippen molar-refractivity contribution in [2.45, 2.75) is 45.2 Å². The SMILES string of the molecule is Cc1cc(CNC(=O)[C@H](CCCN=C(N)N)NC(=O)C(c2ccccc2)c2ccccc2)cc(C)c1O. The van der Waals surface area contributed by atoms with Crippen LogP contribution in [-0.2, 0) is 16.1 Å². The Morgan fingerprint density at radius 1 is 0.892 bits per heavy atom. The molecule has 8 heteroatoms. The van der Waals surface area contributed by atoms with Gasteiger partial charge in [0.1, 0.15) is 11.8 Å². The van der Waals surface area contributed by atoms with Crippen LogP contribution in [0.4, 0.5) is 0 Å². The van der Waals surface area contributed by atoms with Crippen LogP contribution in [0, 0.1) is 13.8 Å². The zero-order chi connectivity index (χ0) is 26.8. The summed E-state index contributed by atoms with van der Waals surface area (Å²) >= 11 is 0. The lowest BCUT2D eigenvalue weighted by Gasteiger charge is -2.23. The van der Waals surface area contributed by atoms with Crippen molar-refractivity contribution in [1.29, 1.82) is 0 Å². The molecule has 0 spiro atoms. The van der Waals surface area contributed by atoms with Gasteiger partial charge in [0.25, 0.3) is 0 Å². The maximum absolute atomic E-state index is 13.6. The molecule has 0 heterocycles. The smallest absolute Gasteiger partial charge is 0.242 e. The summed E-state index contributed by atoms with van der Waals surface area (Å²) in [7, 11) is 0. The molecule has 1 atom stereocenters. The van der Waals surface area contributed by atoms with Gasteiger partial charge in [0.15, 0.2) is 5.96 Å². The number of nitrogens with two attached hydrogens (primary N) is 2. The molecule has 0 aliphatic carbocycles. The largest absolute Gasteiger partial charge is 0.507 e. The minimum absolute atomic E-state index is 0.0173. The van der Waals surface area contributed by atoms with E-state index in [2.05, 4.69) is 15.6 Å². The molecule has 194 valence electrons. The van der Waals surface area contributed by atoms with E-state index in [1.807, 2.05) is 86.6 Å². The first kappa shape index (κ1) is 27.3. The number of aromatic hydroxyl groups is 1. The third kappa shape index (κ3) is 7.83. The molecule has 0 bridgehead atoms. The van der Waals surface area contributed by atoms with Crippen molar-refractivity contribution < 1.29 is 14.7 Å². The molecule has 0 aliphatic rings. The van der Waals surface area contributed by atoms with E-state index >= 15 is 0 Å². The first-order chi connectivity index (χ1) is 17.8. The highest BCUT2D eigenvalue weighted by atomic mass is 16.3. The topological polar surface area (TPSA) is 143 Å². The molecule has 0 unspecified atom stereocenters. The quantitative estimate of drug-likeness (QED) is 0.156. The number of guanidine groups is 1. The van der Waals surface area contributed by atoms with Crippen molar-refractivity contribution in [3.8, 4) is 5.75 Å². The van der Waals surface area contributed by atoms with Crippen LogP contribution in [0.5, 0.6) is 5.75 Å². The Hall–Kier alpha value is -4.33. The Kier molecular flexibility index (Phi) is 9.66. The van der Waals surface area contributed by atoms with Crippen molar-refractivity contribution in [3.63, 3.8) is 0 Å². The Labute approximate surface area is 217 Å². The number of amides is 2. The number of aryl methyl sites for hydroxylation is 2. The van der Waals surface area contributed by atoms with Gasteiger partial charge in [0, 0.05) is 13.1 Å². The number of aliphatic imine (C=N–C) groups is 1. The van der Waals surface area contributed by atoms with E-state index in [0.29, 0.717) is 19.4 Å². The van der Waals surface area contributed by atoms with E-state index < -0.39 is 12.0 Å². The van der Waals surface area contributed by atoms with Crippen LogP contribution in [0.3, 0.4) is 0 Å². The molecule has 3 rings (SSSR count). The highest BCUT2D eigenvalue weighted by molar-refractivity contribution is 5.92. The standard InChI is InChI=1S/C29H35N5O3/c1-19-16-21(17-20(2)26(19)35)18-33-27(36)24(14-9-15-32-29(30)31)34-28(37)25(22-10-5-3-6-11-22)23-12-7-4-8-13-23/h3-8,10-13,16-17,24-25,35H,9,14-15,18H2,1-2H3,(H,33,36)(H,34,37)(H4,30,31,32)/t24-/m0/s1. The molecular weight excluding hydrogens is 466 g/mol. The van der Waals surface area contributed by atoms with Crippen LogP contribution in [0.25, 0.3) is 0 Å². The average molecular weight is 502 g/mol. The van der Waals surface area contributed by atoms with Gasteiger partial charge in [-0.3, -0.25) is 14.6 Å². The van der Waals surface area contributed by atoms with Crippen molar-refractivity contribution in [3.05, 3.63) is 101 Å². The Morgan fingerprint density at radius 3 is 1.95 bits per heavy atom. The van der Waals surface area contributed by atoms with Gasteiger partial charge in [-0.05, 0) is 54.5 Å². The molecule has 0 fully saturated rings. The van der Waals surface area contributed by atoms with Crippen molar-refractivity contribution in [2.75, 3.05) is 6.54 Å². The molecule has 0 aromatic heterocycles. The van der Waals surface area contributed by atoms with Gasteiger partial charge in [-0.1, -0.05) is 72.8 Å². The third-order valence-electron chi connectivity index (χ3n) is 6.12. The first-order valence-corrected chi connectivity index (χ1v) is 12.3. The second-order valence-electron chi connectivity index (χ2n) is 9.06. The average Bonchev–Trinajstić information content (AvgIpc) is 2.88. The molecule has 3 aromatic carbocycles. The van der Waals surface area contributed by atoms with Gasteiger partial charge in [0.2, 0.25) is 11.8 Å². The normalized spacial score (nSPS) is 11.5. The molecule has 7 N–H and O–H groups in total. The zero-order valence-electron chi connectivity index (χ0n) is 21.3. The van der Waals surface area contributed by atoms with Gasteiger partial charge in [-0.2, -0.15) is 0 Å². The van der Waals surface area contributed by atoms with Crippen LogP contribution in [0.2, 0.25) is 0 Å². The van der Waals surface area contributed by atoms with Gasteiger partial charge in [0.05, 0.1) is 5.92 Å². The number of nitrogens with zero attached hydrogens (tertiary/aromatic N) is 1. The Balaban J connectivity index is 1.79. The van der Waals surface area contributed by atoms with Crippen molar-refractivity contribution in [1.82, 2.24) is 10.6 Å². The van der Waals surface area contributed by atoms with Crippen molar-refractivity contribution in [2.24, 2.45) is 16.5 Å². The summed E-state index contributed by atoms with van der Waals surface area (Å²) in [5, 5.41) is 15.9. The maximum Gasteiger partial charge on any atom is 0.242 e. The van der Waals surface area contributed by atoms with E-state index in [1.165, 1.54) is 0 Å². The zero-order valence-corrected chi connectivity index (χ0v) is 21.3. The van der Waals surface area contributed by atoms with Crippen LogP contribution in [0.15, 0.2) is 77.8 Å². The lowest BCUT2D eigenvalue weighted by molar-refractivity contribution is -0.129. The maximum atomic E-state index is 13.6. The predicted molar refractivity (Wildman–Crippen MR) is 146 cm³/mol. The van der Waals surface area contributed by atoms with Crippen LogP contribution >= 0.6 is 0 Å². The second-order valence-corrected chi connectivity index (χ2v) is 9.06. The number of phenolic OH excluding ortho intramolecular Hbond substituents is 1. The monoisotopic (exact) mass is 501 g/mol. The van der Waals surface area contributed by atoms with Gasteiger partial charge >= 0.3 is 0 Å². The number of benzene rings is 3. The summed E-state index contributed by atoms with van der Waals surface area (Å²) < 4.78 is 0. The lowest BCUT2D eigenvalue weighted by atomic mass is 9.90. The van der Waals surface area contributed by atoms with Crippen LogP contribution in [-0.4, -0.2) is 35.5 Å². The molecule has 0 radical (unpaired) electrons. The number of carbonyl (C=O) groups is 2. The molecule has 2 amide bonds. The van der Waals surface area contributed by atoms with E-state index in [9.17, 15) is 14.7 Å². The molecule has 3 aromatic rings. The highest BCUT2D eigenvalue weighted by Gasteiger charge is 2.27. The fraction of sp³-hybridized carbons (Fsp3) is 0.276. The highest BCUT2D eigenvalue weighted by Crippen LogP contribution is 2.25. The molecule has 37 heavy (non-hydrogen) atoms. The fourth-order valence-corrected chi connectivity index (χ4v) is 4.27. The first-order valence-electron chi connectivity index (χ1n) is 12.3. The summed E-state index contributed by atoms with van der Waals surface area (Å²) in [5.41, 5.74) is 14.9. The van der Waals surface area contributed by atoms with E-state index in [-0.39, 0.29) is 30.1 Å². The number of hydrogen-bond acceptors (Lipinski definition) is 4. The Morgan fingerprint density at radius 2 is 1.43 bits per heavy atom. The minimum Gasteiger partial charge on any atom is -0.507 e. The molecule has 0 saturated heterocycles.